The zero-order chi connectivity index (χ0) is 18.1. The van der Waals surface area contributed by atoms with Crippen molar-refractivity contribution >= 4 is 11.8 Å². The molecule has 1 saturated carbocycles. The molecule has 26 heavy (non-hydrogen) atoms. The summed E-state index contributed by atoms with van der Waals surface area (Å²) in [6, 6.07) is 4.82. The molecule has 0 unspecified atom stereocenters. The molecule has 4 aliphatic rings. The van der Waals surface area contributed by atoms with Gasteiger partial charge in [-0.15, -0.1) is 0 Å². The van der Waals surface area contributed by atoms with Crippen molar-refractivity contribution in [3.63, 3.8) is 0 Å². The summed E-state index contributed by atoms with van der Waals surface area (Å²) in [7, 11) is 0. The van der Waals surface area contributed by atoms with Crippen LogP contribution in [0.1, 0.15) is 50.3 Å². The molecule has 2 saturated heterocycles. The molecule has 1 aliphatic carbocycles. The van der Waals surface area contributed by atoms with Crippen molar-refractivity contribution in [3.05, 3.63) is 34.2 Å². The lowest BCUT2D eigenvalue weighted by atomic mass is 9.78. The van der Waals surface area contributed by atoms with Crippen LogP contribution in [0.2, 0.25) is 0 Å². The van der Waals surface area contributed by atoms with Crippen LogP contribution >= 0.6 is 0 Å². The molecule has 1 spiro atoms. The molecule has 3 aliphatic heterocycles. The maximum atomic E-state index is 13.5. The Morgan fingerprint density at radius 3 is 2.62 bits per heavy atom. The highest BCUT2D eigenvalue weighted by Crippen LogP contribution is 2.53. The minimum absolute atomic E-state index is 0.0218. The number of aromatic nitrogens is 1. The van der Waals surface area contributed by atoms with Crippen LogP contribution in [-0.2, 0) is 9.59 Å². The zero-order valence-corrected chi connectivity index (χ0v) is 15.2. The van der Waals surface area contributed by atoms with Crippen LogP contribution in [0.3, 0.4) is 0 Å². The Hall–Kier alpha value is -2.11. The number of pyridine rings is 1. The number of rotatable bonds is 1. The zero-order valence-electron chi connectivity index (χ0n) is 15.2. The van der Waals surface area contributed by atoms with Gasteiger partial charge in [-0.25, -0.2) is 0 Å². The second-order valence-electron chi connectivity index (χ2n) is 8.73. The predicted octanol–water partition coefficient (Wildman–Crippen LogP) is 1.37. The molecule has 1 aromatic heterocycles. The Morgan fingerprint density at radius 2 is 1.92 bits per heavy atom. The minimum Gasteiger partial charge on any atom is -0.342 e. The van der Waals surface area contributed by atoms with Gasteiger partial charge in [0.1, 0.15) is 6.04 Å². The number of hydrogen-bond donors (Lipinski definition) is 0. The average Bonchev–Trinajstić information content (AvgIpc) is 3.24. The van der Waals surface area contributed by atoms with Crippen molar-refractivity contribution in [2.24, 2.45) is 11.3 Å². The van der Waals surface area contributed by atoms with Crippen molar-refractivity contribution in [1.82, 2.24) is 14.4 Å². The van der Waals surface area contributed by atoms with E-state index in [0.717, 1.165) is 31.6 Å². The van der Waals surface area contributed by atoms with Crippen molar-refractivity contribution in [2.45, 2.75) is 44.6 Å². The van der Waals surface area contributed by atoms with Crippen LogP contribution in [0.4, 0.5) is 0 Å². The average molecular weight is 355 g/mol. The largest absolute Gasteiger partial charge is 0.342 e. The summed E-state index contributed by atoms with van der Waals surface area (Å²) >= 11 is 0. The van der Waals surface area contributed by atoms with Gasteiger partial charge in [-0.05, 0) is 37.2 Å². The molecule has 0 radical (unpaired) electrons. The molecular formula is C20H25N3O3. The number of piperidine rings is 1. The fourth-order valence-corrected chi connectivity index (χ4v) is 5.40. The van der Waals surface area contributed by atoms with E-state index in [9.17, 15) is 14.4 Å². The first-order valence-corrected chi connectivity index (χ1v) is 9.73. The number of hydrogen-bond acceptors (Lipinski definition) is 3. The summed E-state index contributed by atoms with van der Waals surface area (Å²) in [6.45, 7) is 4.45. The lowest BCUT2D eigenvalue weighted by Crippen LogP contribution is -2.54. The summed E-state index contributed by atoms with van der Waals surface area (Å²) in [6.07, 6.45) is 4.42. The van der Waals surface area contributed by atoms with Crippen LogP contribution < -0.4 is 5.56 Å². The van der Waals surface area contributed by atoms with Crippen LogP contribution in [0.5, 0.6) is 0 Å². The Labute approximate surface area is 152 Å². The normalized spacial score (nSPS) is 31.0. The molecule has 0 aromatic carbocycles. The van der Waals surface area contributed by atoms with Gasteiger partial charge in [-0.1, -0.05) is 6.07 Å². The van der Waals surface area contributed by atoms with Crippen molar-refractivity contribution < 1.29 is 9.59 Å². The highest BCUT2D eigenvalue weighted by atomic mass is 16.2. The molecule has 3 atom stereocenters. The van der Waals surface area contributed by atoms with E-state index in [2.05, 4.69) is 0 Å². The SMILES string of the molecule is CC(=O)N1C[C@H]2C[C@@H](C1)[C@H](C(=O)N1CCC3(CC3)C1)n1c2cccc1=O. The highest BCUT2D eigenvalue weighted by molar-refractivity contribution is 5.82. The predicted molar refractivity (Wildman–Crippen MR) is 95.7 cm³/mol. The van der Waals surface area contributed by atoms with Crippen molar-refractivity contribution in [1.29, 1.82) is 0 Å². The van der Waals surface area contributed by atoms with E-state index >= 15 is 0 Å². The lowest BCUT2D eigenvalue weighted by Gasteiger charge is -2.46. The quantitative estimate of drug-likeness (QED) is 0.764. The minimum atomic E-state index is -0.467. The standard InChI is InChI=1S/C20H25N3O3/c1-13(24)22-10-14-9-15(11-22)18(23-16(14)3-2-4-17(23)25)19(26)21-8-7-20(12-21)5-6-20/h2-4,14-15,18H,5-12H2,1H3/t14-,15+,18-/m1/s1. The van der Waals surface area contributed by atoms with E-state index in [4.69, 9.17) is 0 Å². The number of nitrogens with zero attached hydrogens (tertiary/aromatic N) is 3. The third-order valence-corrected chi connectivity index (χ3v) is 7.05. The molecule has 3 fully saturated rings. The Morgan fingerprint density at radius 1 is 1.12 bits per heavy atom. The van der Waals surface area contributed by atoms with Crippen LogP contribution in [0, 0.1) is 11.3 Å². The highest BCUT2D eigenvalue weighted by Gasteiger charge is 2.52. The van der Waals surface area contributed by atoms with Crippen molar-refractivity contribution in [3.8, 4) is 0 Å². The van der Waals surface area contributed by atoms with E-state index in [1.807, 2.05) is 15.9 Å². The van der Waals surface area contributed by atoms with E-state index in [-0.39, 0.29) is 29.2 Å². The summed E-state index contributed by atoms with van der Waals surface area (Å²) in [5.74, 6) is 0.297. The molecule has 4 heterocycles. The second-order valence-corrected chi connectivity index (χ2v) is 8.73. The Kier molecular flexibility index (Phi) is 3.37. The van der Waals surface area contributed by atoms with Gasteiger partial charge in [0.2, 0.25) is 11.8 Å². The number of carbonyl (C=O) groups is 2. The first-order chi connectivity index (χ1) is 12.5. The number of amides is 2. The fraction of sp³-hybridized carbons (Fsp3) is 0.650. The van der Waals surface area contributed by atoms with Crippen LogP contribution in [-0.4, -0.2) is 52.4 Å². The van der Waals surface area contributed by atoms with Crippen molar-refractivity contribution in [2.75, 3.05) is 26.2 Å². The van der Waals surface area contributed by atoms with Gasteiger partial charge >= 0.3 is 0 Å². The molecule has 5 rings (SSSR count). The van der Waals surface area contributed by atoms with E-state index in [1.165, 1.54) is 12.8 Å². The van der Waals surface area contributed by atoms with E-state index in [0.29, 0.717) is 18.5 Å². The molecule has 1 aromatic rings. The van der Waals surface area contributed by atoms with Gasteiger partial charge in [0, 0.05) is 56.7 Å². The van der Waals surface area contributed by atoms with Gasteiger partial charge < -0.3 is 9.80 Å². The molecule has 6 nitrogen and oxygen atoms in total. The van der Waals surface area contributed by atoms with E-state index < -0.39 is 6.04 Å². The van der Waals surface area contributed by atoms with Gasteiger partial charge in [0.15, 0.2) is 0 Å². The fourth-order valence-electron chi connectivity index (χ4n) is 5.40. The summed E-state index contributed by atoms with van der Waals surface area (Å²) in [5.41, 5.74) is 1.19. The topological polar surface area (TPSA) is 62.6 Å². The summed E-state index contributed by atoms with van der Waals surface area (Å²) in [5, 5.41) is 0. The van der Waals surface area contributed by atoms with Gasteiger partial charge in [-0.2, -0.15) is 0 Å². The Bertz CT molecular complexity index is 841. The maximum Gasteiger partial charge on any atom is 0.251 e. The third kappa shape index (κ3) is 2.34. The maximum absolute atomic E-state index is 13.5. The summed E-state index contributed by atoms with van der Waals surface area (Å²) < 4.78 is 1.75. The molecule has 0 N–H and O–H groups in total. The van der Waals surface area contributed by atoms with Gasteiger partial charge in [-0.3, -0.25) is 19.0 Å². The third-order valence-electron chi connectivity index (χ3n) is 7.05. The van der Waals surface area contributed by atoms with Gasteiger partial charge in [0.25, 0.3) is 5.56 Å². The lowest BCUT2D eigenvalue weighted by molar-refractivity contribution is -0.141. The second kappa shape index (κ2) is 5.44. The summed E-state index contributed by atoms with van der Waals surface area (Å²) in [4.78, 5) is 42.0. The number of likely N-dealkylation sites (tertiary alicyclic amines) is 2. The first-order valence-electron chi connectivity index (χ1n) is 9.73. The molecule has 2 bridgehead atoms. The first kappa shape index (κ1) is 16.1. The van der Waals surface area contributed by atoms with E-state index in [1.54, 1.807) is 23.6 Å². The Balaban J connectivity index is 1.54. The van der Waals surface area contributed by atoms with Crippen LogP contribution in [0.25, 0.3) is 0 Å². The van der Waals surface area contributed by atoms with Crippen LogP contribution in [0.15, 0.2) is 23.0 Å². The number of carbonyl (C=O) groups excluding carboxylic acids is 2. The molecule has 138 valence electrons. The number of fused-ring (bicyclic) bond motifs is 4. The molecule has 2 amide bonds. The monoisotopic (exact) mass is 355 g/mol. The molecule has 6 heteroatoms. The molecular weight excluding hydrogens is 330 g/mol. The van der Waals surface area contributed by atoms with Gasteiger partial charge in [0.05, 0.1) is 0 Å². The smallest absolute Gasteiger partial charge is 0.251 e.